The monoisotopic (exact) mass is 332 g/mol. The van der Waals surface area contributed by atoms with Gasteiger partial charge in [-0.25, -0.2) is 0 Å². The first kappa shape index (κ1) is 15.0. The molecule has 122 valence electrons. The van der Waals surface area contributed by atoms with Crippen molar-refractivity contribution >= 4 is 28.7 Å². The van der Waals surface area contributed by atoms with Crippen molar-refractivity contribution in [1.29, 1.82) is 0 Å². The molecule has 0 unspecified atom stereocenters. The number of hydrogen-bond acceptors (Lipinski definition) is 6. The molecule has 6 nitrogen and oxygen atoms in total. The van der Waals surface area contributed by atoms with E-state index in [1.165, 1.54) is 18.1 Å². The Morgan fingerprint density at radius 2 is 2.04 bits per heavy atom. The predicted octanol–water partition coefficient (Wildman–Crippen LogP) is 1.68. The first-order valence-electron chi connectivity index (χ1n) is 8.10. The van der Waals surface area contributed by atoms with Crippen molar-refractivity contribution in [1.82, 2.24) is 19.0 Å². The van der Waals surface area contributed by atoms with Crippen LogP contribution in [0.25, 0.3) is 11.0 Å². The molecule has 0 spiro atoms. The third-order valence-corrected chi connectivity index (χ3v) is 5.62. The first-order chi connectivity index (χ1) is 11.3. The van der Waals surface area contributed by atoms with Crippen LogP contribution in [-0.4, -0.2) is 57.9 Å². The van der Waals surface area contributed by atoms with Crippen LogP contribution in [-0.2, 0) is 4.74 Å². The second-order valence-corrected chi connectivity index (χ2v) is 6.86. The molecule has 2 fully saturated rings. The zero-order chi connectivity index (χ0) is 15.7. The van der Waals surface area contributed by atoms with Crippen LogP contribution in [0.5, 0.6) is 0 Å². The van der Waals surface area contributed by atoms with Gasteiger partial charge < -0.3 is 10.1 Å². The molecule has 1 amide bonds. The first-order valence-corrected chi connectivity index (χ1v) is 8.83. The van der Waals surface area contributed by atoms with Gasteiger partial charge in [0.25, 0.3) is 5.91 Å². The number of aromatic nitrogens is 2. The van der Waals surface area contributed by atoms with Crippen LogP contribution in [0.4, 0.5) is 0 Å². The number of ether oxygens (including phenoxy) is 1. The van der Waals surface area contributed by atoms with Crippen molar-refractivity contribution in [3.05, 3.63) is 23.8 Å². The minimum absolute atomic E-state index is 0.0283. The summed E-state index contributed by atoms with van der Waals surface area (Å²) in [5, 5.41) is 3.13. The van der Waals surface area contributed by atoms with Crippen LogP contribution in [0.2, 0.25) is 0 Å². The molecule has 4 rings (SSSR count). The van der Waals surface area contributed by atoms with Gasteiger partial charge in [-0.2, -0.15) is 8.75 Å². The lowest BCUT2D eigenvalue weighted by atomic mass is 9.75. The van der Waals surface area contributed by atoms with Crippen LogP contribution in [0.1, 0.15) is 29.6 Å². The predicted molar refractivity (Wildman–Crippen MR) is 88.7 cm³/mol. The molecule has 23 heavy (non-hydrogen) atoms. The van der Waals surface area contributed by atoms with E-state index in [0.29, 0.717) is 12.1 Å². The molecule has 2 heterocycles. The lowest BCUT2D eigenvalue weighted by Gasteiger charge is -2.51. The maximum atomic E-state index is 12.5. The number of nitrogens with zero attached hydrogens (tertiary/aromatic N) is 3. The van der Waals surface area contributed by atoms with Gasteiger partial charge in [0.05, 0.1) is 24.9 Å². The van der Waals surface area contributed by atoms with E-state index in [1.807, 2.05) is 18.2 Å². The van der Waals surface area contributed by atoms with Crippen molar-refractivity contribution in [3.8, 4) is 0 Å². The number of carbonyl (C=O) groups is 1. The van der Waals surface area contributed by atoms with Crippen molar-refractivity contribution in [3.63, 3.8) is 0 Å². The summed E-state index contributed by atoms with van der Waals surface area (Å²) in [4.78, 5) is 15.0. The van der Waals surface area contributed by atoms with E-state index in [4.69, 9.17) is 4.74 Å². The fourth-order valence-corrected chi connectivity index (χ4v) is 4.02. The summed E-state index contributed by atoms with van der Waals surface area (Å²) in [6.07, 6.45) is 3.55. The van der Waals surface area contributed by atoms with Crippen molar-refractivity contribution in [2.45, 2.75) is 24.8 Å². The number of benzene rings is 1. The smallest absolute Gasteiger partial charge is 0.251 e. The van der Waals surface area contributed by atoms with Gasteiger partial charge in [-0.1, -0.05) is 0 Å². The topological polar surface area (TPSA) is 67.4 Å². The van der Waals surface area contributed by atoms with Crippen molar-refractivity contribution < 1.29 is 9.53 Å². The average Bonchev–Trinajstić information content (AvgIpc) is 3.02. The molecule has 1 aromatic heterocycles. The Morgan fingerprint density at radius 3 is 2.78 bits per heavy atom. The lowest BCUT2D eigenvalue weighted by Crippen LogP contribution is -2.62. The number of nitrogens with one attached hydrogen (secondary N) is 1. The molecule has 0 radical (unpaired) electrons. The third kappa shape index (κ3) is 2.84. The zero-order valence-electron chi connectivity index (χ0n) is 13.0. The molecule has 0 bridgehead atoms. The standard InChI is InChI=1S/C16H20N4O2S/c21-15(12-2-3-13-14(10-12)19-23-18-13)17-11-16(4-1-5-16)20-6-8-22-9-7-20/h2-3,10H,1,4-9,11H2,(H,17,21). The van der Waals surface area contributed by atoms with Crippen molar-refractivity contribution in [2.75, 3.05) is 32.8 Å². The largest absolute Gasteiger partial charge is 0.379 e. The minimum atomic E-state index is -0.0283. The van der Waals surface area contributed by atoms with Gasteiger partial charge in [0, 0.05) is 30.7 Å². The summed E-state index contributed by atoms with van der Waals surface area (Å²) in [6, 6.07) is 5.49. The SMILES string of the molecule is O=C(NCC1(N2CCOCC2)CCC1)c1ccc2nsnc2c1. The number of amides is 1. The molecule has 2 aromatic rings. The van der Waals surface area contributed by atoms with Crippen LogP contribution in [0.3, 0.4) is 0 Å². The highest BCUT2D eigenvalue weighted by atomic mass is 32.1. The highest BCUT2D eigenvalue weighted by Gasteiger charge is 2.42. The summed E-state index contributed by atoms with van der Waals surface area (Å²) in [6.45, 7) is 4.23. The zero-order valence-corrected chi connectivity index (χ0v) is 13.8. The molecule has 1 aliphatic carbocycles. The van der Waals surface area contributed by atoms with Crippen LogP contribution in [0, 0.1) is 0 Å². The summed E-state index contributed by atoms with van der Waals surface area (Å²) in [5.41, 5.74) is 2.41. The third-order valence-electron chi connectivity index (χ3n) is 5.06. The van der Waals surface area contributed by atoms with E-state index in [9.17, 15) is 4.79 Å². The van der Waals surface area contributed by atoms with Crippen LogP contribution < -0.4 is 5.32 Å². The molecular formula is C16H20N4O2S. The number of carbonyl (C=O) groups excluding carboxylic acids is 1. The lowest BCUT2D eigenvalue weighted by molar-refractivity contribution is -0.0540. The maximum Gasteiger partial charge on any atom is 0.251 e. The van der Waals surface area contributed by atoms with Gasteiger partial charge in [0.15, 0.2) is 0 Å². The van der Waals surface area contributed by atoms with Crippen LogP contribution >= 0.6 is 11.7 Å². The summed E-state index contributed by atoms with van der Waals surface area (Å²) >= 11 is 1.17. The highest BCUT2D eigenvalue weighted by Crippen LogP contribution is 2.37. The molecule has 1 N–H and O–H groups in total. The molecule has 7 heteroatoms. The number of morpholine rings is 1. The van der Waals surface area contributed by atoms with E-state index in [2.05, 4.69) is 19.0 Å². The van der Waals surface area contributed by atoms with Gasteiger partial charge >= 0.3 is 0 Å². The molecule has 1 aliphatic heterocycles. The molecule has 2 aliphatic rings. The Bertz CT molecular complexity index is 707. The maximum absolute atomic E-state index is 12.5. The summed E-state index contributed by atoms with van der Waals surface area (Å²) < 4.78 is 13.8. The highest BCUT2D eigenvalue weighted by molar-refractivity contribution is 7.00. The Morgan fingerprint density at radius 1 is 1.26 bits per heavy atom. The minimum Gasteiger partial charge on any atom is -0.379 e. The molecule has 1 aromatic carbocycles. The Labute approximate surface area is 139 Å². The van der Waals surface area contributed by atoms with E-state index in [-0.39, 0.29) is 11.4 Å². The number of rotatable bonds is 4. The quantitative estimate of drug-likeness (QED) is 0.922. The summed E-state index contributed by atoms with van der Waals surface area (Å²) in [5.74, 6) is -0.0283. The van der Waals surface area contributed by atoms with E-state index < -0.39 is 0 Å². The molecule has 0 atom stereocenters. The fourth-order valence-electron chi connectivity index (χ4n) is 3.50. The van der Waals surface area contributed by atoms with Crippen LogP contribution in [0.15, 0.2) is 18.2 Å². The van der Waals surface area contributed by atoms with E-state index in [1.54, 1.807) is 0 Å². The number of fused-ring (bicyclic) bond motifs is 1. The Balaban J connectivity index is 1.43. The Hall–Kier alpha value is -1.57. The number of hydrogen-bond donors (Lipinski definition) is 1. The Kier molecular flexibility index (Phi) is 4.00. The van der Waals surface area contributed by atoms with Gasteiger partial charge in [-0.05, 0) is 37.5 Å². The average molecular weight is 332 g/mol. The van der Waals surface area contributed by atoms with E-state index >= 15 is 0 Å². The van der Waals surface area contributed by atoms with Gasteiger partial charge in [-0.15, -0.1) is 0 Å². The molecule has 1 saturated heterocycles. The second-order valence-electron chi connectivity index (χ2n) is 6.33. The molecule has 1 saturated carbocycles. The van der Waals surface area contributed by atoms with Gasteiger partial charge in [-0.3, -0.25) is 9.69 Å². The second kappa shape index (κ2) is 6.14. The summed E-state index contributed by atoms with van der Waals surface area (Å²) in [7, 11) is 0. The van der Waals surface area contributed by atoms with Gasteiger partial charge in [0.2, 0.25) is 0 Å². The van der Waals surface area contributed by atoms with Gasteiger partial charge in [0.1, 0.15) is 11.0 Å². The molecular weight excluding hydrogens is 312 g/mol. The van der Waals surface area contributed by atoms with E-state index in [0.717, 1.165) is 50.2 Å². The fraction of sp³-hybridized carbons (Fsp3) is 0.562. The van der Waals surface area contributed by atoms with Crippen molar-refractivity contribution in [2.24, 2.45) is 0 Å². The normalized spacial score (nSPS) is 21.0.